The van der Waals surface area contributed by atoms with Crippen LogP contribution in [0.4, 0.5) is 5.69 Å². The monoisotopic (exact) mass is 308 g/mol. The van der Waals surface area contributed by atoms with Crippen LogP contribution in [-0.2, 0) is 16.0 Å². The molecule has 0 radical (unpaired) electrons. The van der Waals surface area contributed by atoms with E-state index in [1.54, 1.807) is 48.5 Å². The number of amides is 1. The van der Waals surface area contributed by atoms with Crippen LogP contribution in [0.3, 0.4) is 0 Å². The Morgan fingerprint density at radius 1 is 1.17 bits per heavy atom. The zero-order valence-electron chi connectivity index (χ0n) is 12.7. The van der Waals surface area contributed by atoms with Crippen molar-refractivity contribution < 1.29 is 14.3 Å². The van der Waals surface area contributed by atoms with Gasteiger partial charge in [0.25, 0.3) is 5.91 Å². The van der Waals surface area contributed by atoms with Gasteiger partial charge in [-0.25, -0.2) is 9.64 Å². The average Bonchev–Trinajstić information content (AvgIpc) is 2.61. The maximum atomic E-state index is 12.2. The quantitative estimate of drug-likeness (QED) is 0.682. The van der Waals surface area contributed by atoms with Crippen molar-refractivity contribution in [2.75, 3.05) is 7.11 Å². The van der Waals surface area contributed by atoms with Gasteiger partial charge in [-0.05, 0) is 12.1 Å². The van der Waals surface area contributed by atoms with E-state index in [2.05, 4.69) is 10.2 Å². The van der Waals surface area contributed by atoms with Gasteiger partial charge in [0, 0.05) is 12.0 Å². The lowest BCUT2D eigenvalue weighted by Gasteiger charge is -2.17. The number of carbonyl (C=O) groups excluding carboxylic acids is 2. The number of rotatable bonds is 5. The lowest BCUT2D eigenvalue weighted by Crippen LogP contribution is -2.43. The molecule has 2 rings (SSSR count). The Hall–Kier alpha value is -3.13. The number of methoxy groups -OCH3 is 1. The highest BCUT2D eigenvalue weighted by Crippen LogP contribution is 2.15. The van der Waals surface area contributed by atoms with E-state index in [4.69, 9.17) is 11.3 Å². The van der Waals surface area contributed by atoms with Crippen LogP contribution in [0.25, 0.3) is 4.85 Å². The molecule has 0 aromatic heterocycles. The summed E-state index contributed by atoms with van der Waals surface area (Å²) in [6.07, 6.45) is 0.259. The first-order valence-electron chi connectivity index (χ1n) is 7.04. The van der Waals surface area contributed by atoms with Crippen molar-refractivity contribution in [2.45, 2.75) is 12.5 Å². The Morgan fingerprint density at radius 3 is 2.57 bits per heavy atom. The molecular formula is C18H16N2O3. The Balaban J connectivity index is 2.16. The highest BCUT2D eigenvalue weighted by Gasteiger charge is 2.22. The smallest absolute Gasteiger partial charge is 0.328 e. The highest BCUT2D eigenvalue weighted by molar-refractivity contribution is 5.96. The summed E-state index contributed by atoms with van der Waals surface area (Å²) in [7, 11) is 1.28. The van der Waals surface area contributed by atoms with Crippen LogP contribution < -0.4 is 5.32 Å². The van der Waals surface area contributed by atoms with E-state index in [0.717, 1.165) is 5.56 Å². The van der Waals surface area contributed by atoms with Gasteiger partial charge in [0.2, 0.25) is 0 Å². The molecule has 1 unspecified atom stereocenters. The number of carbonyl (C=O) groups is 2. The Morgan fingerprint density at radius 2 is 1.91 bits per heavy atom. The van der Waals surface area contributed by atoms with Gasteiger partial charge in [-0.15, -0.1) is 0 Å². The van der Waals surface area contributed by atoms with Crippen LogP contribution in [-0.4, -0.2) is 25.0 Å². The topological polar surface area (TPSA) is 59.8 Å². The van der Waals surface area contributed by atoms with Crippen molar-refractivity contribution in [3.05, 3.63) is 77.1 Å². The molecular weight excluding hydrogens is 292 g/mol. The van der Waals surface area contributed by atoms with E-state index in [1.807, 2.05) is 6.07 Å². The molecule has 0 fully saturated rings. The van der Waals surface area contributed by atoms with Gasteiger partial charge in [-0.1, -0.05) is 48.0 Å². The molecule has 0 heterocycles. The first-order valence-corrected chi connectivity index (χ1v) is 7.04. The number of hydrogen-bond acceptors (Lipinski definition) is 3. The lowest BCUT2D eigenvalue weighted by atomic mass is 10.0. The van der Waals surface area contributed by atoms with Gasteiger partial charge in [0.1, 0.15) is 6.04 Å². The maximum absolute atomic E-state index is 12.2. The van der Waals surface area contributed by atoms with Crippen LogP contribution in [0.1, 0.15) is 15.9 Å². The number of hydrogen-bond donors (Lipinski definition) is 1. The minimum absolute atomic E-state index is 0.259. The molecule has 0 bridgehead atoms. The van der Waals surface area contributed by atoms with Gasteiger partial charge in [0.05, 0.1) is 13.7 Å². The molecule has 0 aliphatic carbocycles. The summed E-state index contributed by atoms with van der Waals surface area (Å²) >= 11 is 0. The lowest BCUT2D eigenvalue weighted by molar-refractivity contribution is -0.142. The maximum Gasteiger partial charge on any atom is 0.328 e. The summed E-state index contributed by atoms with van der Waals surface area (Å²) in [6, 6.07) is 14.8. The summed E-state index contributed by atoms with van der Waals surface area (Å²) in [5, 5.41) is 2.68. The molecule has 5 nitrogen and oxygen atoms in total. The van der Waals surface area contributed by atoms with E-state index >= 15 is 0 Å². The van der Waals surface area contributed by atoms with Crippen LogP contribution in [0.2, 0.25) is 0 Å². The van der Waals surface area contributed by atoms with Crippen molar-refractivity contribution in [3.8, 4) is 0 Å². The zero-order valence-corrected chi connectivity index (χ0v) is 12.7. The van der Waals surface area contributed by atoms with E-state index < -0.39 is 12.0 Å². The average molecular weight is 308 g/mol. The predicted molar refractivity (Wildman–Crippen MR) is 86.1 cm³/mol. The Labute approximate surface area is 134 Å². The van der Waals surface area contributed by atoms with E-state index in [9.17, 15) is 9.59 Å². The van der Waals surface area contributed by atoms with Crippen molar-refractivity contribution in [2.24, 2.45) is 0 Å². The van der Waals surface area contributed by atoms with Gasteiger partial charge in [-0.2, -0.15) is 0 Å². The number of nitrogens with zero attached hydrogens (tertiary/aromatic N) is 1. The van der Waals surface area contributed by atoms with Gasteiger partial charge in [-0.3, -0.25) is 4.79 Å². The standard InChI is InChI=1S/C18H16N2O3/c1-19-15-10-6-7-13(11-15)12-16(18(22)23-2)20-17(21)14-8-4-3-5-9-14/h3-11,16H,12H2,2H3,(H,20,21). The third-order valence-corrected chi connectivity index (χ3v) is 3.31. The van der Waals surface area contributed by atoms with E-state index in [0.29, 0.717) is 11.3 Å². The number of ether oxygens (including phenoxy) is 1. The van der Waals surface area contributed by atoms with Crippen molar-refractivity contribution >= 4 is 17.6 Å². The molecule has 0 aliphatic rings. The summed E-state index contributed by atoms with van der Waals surface area (Å²) in [5.41, 5.74) is 1.74. The Bertz CT molecular complexity index is 735. The molecule has 2 aromatic rings. The minimum atomic E-state index is -0.811. The van der Waals surface area contributed by atoms with Crippen LogP contribution >= 0.6 is 0 Å². The molecule has 1 N–H and O–H groups in total. The fourth-order valence-electron chi connectivity index (χ4n) is 2.16. The molecule has 5 heteroatoms. The molecule has 1 atom stereocenters. The fraction of sp³-hybridized carbons (Fsp3) is 0.167. The summed E-state index contributed by atoms with van der Waals surface area (Å²) < 4.78 is 4.76. The van der Waals surface area contributed by atoms with Crippen LogP contribution in [0.5, 0.6) is 0 Å². The van der Waals surface area contributed by atoms with E-state index in [1.165, 1.54) is 7.11 Å². The summed E-state index contributed by atoms with van der Waals surface area (Å²) in [6.45, 7) is 7.03. The second-order valence-corrected chi connectivity index (χ2v) is 4.90. The van der Waals surface area contributed by atoms with Crippen molar-refractivity contribution in [3.63, 3.8) is 0 Å². The first-order chi connectivity index (χ1) is 11.1. The summed E-state index contributed by atoms with van der Waals surface area (Å²) in [5.74, 6) is -0.871. The third-order valence-electron chi connectivity index (χ3n) is 3.31. The SMILES string of the molecule is [C-]#[N+]c1cccc(CC(NC(=O)c2ccccc2)C(=O)OC)c1. The van der Waals surface area contributed by atoms with Gasteiger partial charge < -0.3 is 10.1 Å². The van der Waals surface area contributed by atoms with Crippen LogP contribution in [0.15, 0.2) is 54.6 Å². The van der Waals surface area contributed by atoms with Crippen molar-refractivity contribution in [1.29, 1.82) is 0 Å². The molecule has 0 aliphatic heterocycles. The highest BCUT2D eigenvalue weighted by atomic mass is 16.5. The summed E-state index contributed by atoms with van der Waals surface area (Å²) in [4.78, 5) is 27.5. The van der Waals surface area contributed by atoms with E-state index in [-0.39, 0.29) is 12.3 Å². The predicted octanol–water partition coefficient (Wildman–Crippen LogP) is 2.75. The zero-order chi connectivity index (χ0) is 16.7. The molecule has 2 aromatic carbocycles. The number of benzene rings is 2. The minimum Gasteiger partial charge on any atom is -0.467 e. The number of esters is 1. The molecule has 1 amide bonds. The fourth-order valence-corrected chi connectivity index (χ4v) is 2.16. The van der Waals surface area contributed by atoms with Crippen molar-refractivity contribution in [1.82, 2.24) is 5.32 Å². The van der Waals surface area contributed by atoms with Crippen LogP contribution in [0, 0.1) is 6.57 Å². The number of nitrogens with one attached hydrogen (secondary N) is 1. The van der Waals surface area contributed by atoms with Gasteiger partial charge in [0.15, 0.2) is 5.69 Å². The van der Waals surface area contributed by atoms with Gasteiger partial charge >= 0.3 is 5.97 Å². The molecule has 0 saturated heterocycles. The third kappa shape index (κ3) is 4.42. The molecule has 0 spiro atoms. The normalized spacial score (nSPS) is 11.1. The molecule has 0 saturated carbocycles. The molecule has 116 valence electrons. The largest absolute Gasteiger partial charge is 0.467 e. The second kappa shape index (κ2) is 7.76. The first kappa shape index (κ1) is 16.2. The second-order valence-electron chi connectivity index (χ2n) is 4.90. The molecule has 23 heavy (non-hydrogen) atoms. The Kier molecular flexibility index (Phi) is 5.48.